The number of hydrogen-bond donors (Lipinski definition) is 0. The number of nitriles is 2. The van der Waals surface area contributed by atoms with E-state index >= 15 is 0 Å². The Labute approximate surface area is 82.9 Å². The van der Waals surface area contributed by atoms with E-state index in [0.29, 0.717) is 0 Å². The zero-order chi connectivity index (χ0) is 9.91. The Morgan fingerprint density at radius 3 is 0.917 bits per heavy atom. The maximum absolute atomic E-state index is 8.49. The molecule has 0 heterocycles. The van der Waals surface area contributed by atoms with Crippen LogP contribution in [0.2, 0.25) is 0 Å². The van der Waals surface area contributed by atoms with E-state index in [2.05, 4.69) is 0 Å². The third kappa shape index (κ3) is 5220. The van der Waals surface area contributed by atoms with Gasteiger partial charge in [-0.1, -0.05) is 0 Å². The zero-order valence-corrected chi connectivity index (χ0v) is 7.90. The molecule has 0 fully saturated rings. The SMILES string of the molecule is CC#N.CC#N.[Cu+].[O-][Cl+3]([O-])([O-])[O-]. The summed E-state index contributed by atoms with van der Waals surface area (Å²) >= 11 is 0. The second kappa shape index (κ2) is 16.9. The predicted molar refractivity (Wildman–Crippen MR) is 22.6 cm³/mol. The van der Waals surface area contributed by atoms with Crippen LogP contribution < -0.4 is 18.6 Å². The van der Waals surface area contributed by atoms with E-state index in [1.54, 1.807) is 12.1 Å². The first-order valence-corrected chi connectivity index (χ1v) is 3.30. The zero-order valence-electron chi connectivity index (χ0n) is 6.21. The third-order valence-corrected chi connectivity index (χ3v) is 0. The fourth-order valence-electron chi connectivity index (χ4n) is 0. The van der Waals surface area contributed by atoms with Crippen molar-refractivity contribution in [1.29, 1.82) is 10.5 Å². The Morgan fingerprint density at radius 1 is 0.917 bits per heavy atom. The minimum atomic E-state index is -4.94. The van der Waals surface area contributed by atoms with Gasteiger partial charge in [0.1, 0.15) is 0 Å². The van der Waals surface area contributed by atoms with Crippen LogP contribution in [-0.2, 0) is 17.1 Å². The van der Waals surface area contributed by atoms with Crippen LogP contribution in [0.25, 0.3) is 0 Å². The molecule has 0 aromatic heterocycles. The van der Waals surface area contributed by atoms with E-state index in [9.17, 15) is 0 Å². The van der Waals surface area contributed by atoms with Gasteiger partial charge in [-0.3, -0.25) is 0 Å². The maximum Gasteiger partial charge on any atom is 1.00 e. The molecule has 0 atom stereocenters. The van der Waals surface area contributed by atoms with E-state index in [0.717, 1.165) is 0 Å². The van der Waals surface area contributed by atoms with Crippen molar-refractivity contribution in [2.75, 3.05) is 0 Å². The van der Waals surface area contributed by atoms with Gasteiger partial charge in [-0.15, -0.1) is 10.2 Å². The van der Waals surface area contributed by atoms with Crippen molar-refractivity contribution in [2.24, 2.45) is 0 Å². The average molecular weight is 245 g/mol. The van der Waals surface area contributed by atoms with Crippen LogP contribution in [0.15, 0.2) is 0 Å². The summed E-state index contributed by atoms with van der Waals surface area (Å²) in [5, 5.41) is 14.6. The van der Waals surface area contributed by atoms with Crippen molar-refractivity contribution in [3.8, 4) is 12.1 Å². The molecule has 12 heavy (non-hydrogen) atoms. The Balaban J connectivity index is -0.0000000406. The van der Waals surface area contributed by atoms with Crippen LogP contribution in [0.3, 0.4) is 0 Å². The van der Waals surface area contributed by atoms with Crippen molar-refractivity contribution in [2.45, 2.75) is 13.8 Å². The van der Waals surface area contributed by atoms with E-state index in [4.69, 9.17) is 29.2 Å². The van der Waals surface area contributed by atoms with Crippen molar-refractivity contribution in [3.05, 3.63) is 0 Å². The molecule has 0 amide bonds. The van der Waals surface area contributed by atoms with Crippen molar-refractivity contribution < 1.29 is 45.9 Å². The molecule has 8 heteroatoms. The fraction of sp³-hybridized carbons (Fsp3) is 0.500. The molecule has 0 saturated carbocycles. The molecule has 0 aromatic rings. The summed E-state index contributed by atoms with van der Waals surface area (Å²) in [5.41, 5.74) is 0. The molecule has 74 valence electrons. The summed E-state index contributed by atoms with van der Waals surface area (Å²) in [6.07, 6.45) is 0. The summed E-state index contributed by atoms with van der Waals surface area (Å²) in [6, 6.07) is 3.50. The van der Waals surface area contributed by atoms with E-state index in [1.807, 2.05) is 0 Å². The first kappa shape index (κ1) is 22.6. The standard InChI is InChI=1S/2C2H3N.ClHO4.Cu/c2*1-2-3;2-1(3,4)5;/h2*1H3;(H,2,3,4,5);/q;;;+1/p-1. The third-order valence-electron chi connectivity index (χ3n) is 0. The minimum absolute atomic E-state index is 0. The predicted octanol–water partition coefficient (Wildman–Crippen LogP) is -3.70. The van der Waals surface area contributed by atoms with Crippen LogP contribution in [-0.4, -0.2) is 0 Å². The molecule has 0 aliphatic rings. The molecule has 0 radical (unpaired) electrons. The van der Waals surface area contributed by atoms with Crippen LogP contribution in [0.1, 0.15) is 13.8 Å². The van der Waals surface area contributed by atoms with E-state index < -0.39 is 10.2 Å². The molecular formula is C4H6ClCuN2O4. The van der Waals surface area contributed by atoms with Crippen LogP contribution in [0.4, 0.5) is 0 Å². The average Bonchev–Trinajstić information content (AvgIpc) is 1.62. The number of halogens is 1. The van der Waals surface area contributed by atoms with Gasteiger partial charge in [-0.25, -0.2) is 18.6 Å². The fourth-order valence-corrected chi connectivity index (χ4v) is 0. The van der Waals surface area contributed by atoms with Crippen LogP contribution in [0, 0.1) is 32.9 Å². The summed E-state index contributed by atoms with van der Waals surface area (Å²) < 4.78 is 34.0. The largest absolute Gasteiger partial charge is 1.00 e. The molecule has 0 spiro atoms. The first-order chi connectivity index (χ1) is 4.83. The molecule has 0 aliphatic carbocycles. The van der Waals surface area contributed by atoms with Crippen molar-refractivity contribution in [3.63, 3.8) is 0 Å². The van der Waals surface area contributed by atoms with E-state index in [-0.39, 0.29) is 17.1 Å². The maximum atomic E-state index is 8.49. The van der Waals surface area contributed by atoms with E-state index in [1.165, 1.54) is 13.8 Å². The molecule has 0 rings (SSSR count). The first-order valence-electron chi connectivity index (χ1n) is 2.06. The number of rotatable bonds is 0. The van der Waals surface area contributed by atoms with Crippen molar-refractivity contribution in [1.82, 2.24) is 0 Å². The molecule has 6 nitrogen and oxygen atoms in total. The Bertz CT molecular complexity index is 129. The van der Waals surface area contributed by atoms with Gasteiger partial charge in [0.15, 0.2) is 0 Å². The van der Waals surface area contributed by atoms with Gasteiger partial charge >= 0.3 is 17.1 Å². The van der Waals surface area contributed by atoms with Gasteiger partial charge in [0, 0.05) is 13.8 Å². The van der Waals surface area contributed by atoms with Gasteiger partial charge in [0.25, 0.3) is 0 Å². The number of hydrogen-bond acceptors (Lipinski definition) is 6. The molecular weight excluding hydrogens is 239 g/mol. The topological polar surface area (TPSA) is 140 Å². The number of nitrogens with zero attached hydrogens (tertiary/aromatic N) is 2. The summed E-state index contributed by atoms with van der Waals surface area (Å²) in [7, 11) is -4.94. The Hall–Kier alpha value is -0.371. The Morgan fingerprint density at radius 2 is 0.917 bits per heavy atom. The van der Waals surface area contributed by atoms with Gasteiger partial charge in [-0.05, 0) is 0 Å². The summed E-state index contributed by atoms with van der Waals surface area (Å²) in [6.45, 7) is 2.86. The molecule has 0 unspecified atom stereocenters. The molecule has 0 aromatic carbocycles. The second-order valence-corrected chi connectivity index (χ2v) is 1.58. The summed E-state index contributed by atoms with van der Waals surface area (Å²) in [5.74, 6) is 0. The van der Waals surface area contributed by atoms with Crippen LogP contribution >= 0.6 is 0 Å². The van der Waals surface area contributed by atoms with Crippen LogP contribution in [0.5, 0.6) is 0 Å². The normalized spacial score (nSPS) is 6.33. The smallest absolute Gasteiger partial charge is 0.222 e. The van der Waals surface area contributed by atoms with Crippen molar-refractivity contribution >= 4 is 0 Å². The minimum Gasteiger partial charge on any atom is -0.222 e. The van der Waals surface area contributed by atoms with Gasteiger partial charge in [0.05, 0.1) is 12.1 Å². The molecule has 0 bridgehead atoms. The quantitative estimate of drug-likeness (QED) is 0.402. The molecule has 0 saturated heterocycles. The van der Waals surface area contributed by atoms with Gasteiger partial charge < -0.3 is 0 Å². The molecule has 0 aliphatic heterocycles. The summed E-state index contributed by atoms with van der Waals surface area (Å²) in [4.78, 5) is 0. The molecule has 0 N–H and O–H groups in total. The van der Waals surface area contributed by atoms with Gasteiger partial charge in [0.2, 0.25) is 0 Å². The van der Waals surface area contributed by atoms with Gasteiger partial charge in [-0.2, -0.15) is 10.5 Å². The Kier molecular flexibility index (Phi) is 31.9. The monoisotopic (exact) mass is 244 g/mol. The second-order valence-electron chi connectivity index (χ2n) is 0.825.